The number of hydrogen-bond donors (Lipinski definition) is 0. The maximum atomic E-state index is 6.17. The van der Waals surface area contributed by atoms with Crippen LogP contribution < -0.4 is 0 Å². The third-order valence-electron chi connectivity index (χ3n) is 2.64. The second-order valence-electron chi connectivity index (χ2n) is 3.60. The molecule has 1 atom stereocenters. The summed E-state index contributed by atoms with van der Waals surface area (Å²) >= 11 is 9.78. The highest BCUT2D eigenvalue weighted by Gasteiger charge is 2.22. The van der Waals surface area contributed by atoms with Gasteiger partial charge in [-0.25, -0.2) is 0 Å². The molecule has 0 aliphatic heterocycles. The highest BCUT2D eigenvalue weighted by Crippen LogP contribution is 2.42. The van der Waals surface area contributed by atoms with E-state index in [1.54, 1.807) is 0 Å². The van der Waals surface area contributed by atoms with E-state index < -0.39 is 0 Å². The van der Waals surface area contributed by atoms with Gasteiger partial charge in [-0.3, -0.25) is 0 Å². The molecule has 0 saturated heterocycles. The monoisotopic (exact) mass is 282 g/mol. The van der Waals surface area contributed by atoms with Crippen molar-refractivity contribution >= 4 is 44.6 Å². The van der Waals surface area contributed by atoms with E-state index in [2.05, 4.69) is 28.1 Å². The number of rotatable bonds is 0. The molecular weight excluding hydrogens is 275 g/mol. The topological polar surface area (TPSA) is 13.1 Å². The summed E-state index contributed by atoms with van der Waals surface area (Å²) in [6.45, 7) is 0. The largest absolute Gasteiger partial charge is 0.459 e. The third kappa shape index (κ3) is 1.35. The minimum atomic E-state index is 0.265. The van der Waals surface area contributed by atoms with Crippen molar-refractivity contribution in [2.45, 2.75) is 11.2 Å². The van der Waals surface area contributed by atoms with Gasteiger partial charge in [-0.05, 0) is 18.6 Å². The predicted octanol–water partition coefficient (Wildman–Crippen LogP) is 4.94. The normalized spacial score (nSPS) is 19.5. The van der Waals surface area contributed by atoms with Crippen molar-refractivity contribution in [2.75, 3.05) is 0 Å². The Balaban J connectivity index is 2.43. The van der Waals surface area contributed by atoms with Gasteiger partial charge in [0.2, 0.25) is 0 Å². The van der Waals surface area contributed by atoms with Crippen molar-refractivity contribution in [3.8, 4) is 0 Å². The van der Waals surface area contributed by atoms with Gasteiger partial charge in [0.1, 0.15) is 11.3 Å². The van der Waals surface area contributed by atoms with Crippen LogP contribution in [0.25, 0.3) is 17.0 Å². The molecular formula is C12H8BrClO. The fourth-order valence-corrected chi connectivity index (χ4v) is 2.78. The summed E-state index contributed by atoms with van der Waals surface area (Å²) in [5.41, 5.74) is 1.98. The van der Waals surface area contributed by atoms with E-state index in [1.807, 2.05) is 18.2 Å². The number of furan rings is 1. The Labute approximate surface area is 101 Å². The molecule has 3 rings (SSSR count). The summed E-state index contributed by atoms with van der Waals surface area (Å²) in [7, 11) is 0. The zero-order valence-electron chi connectivity index (χ0n) is 7.84. The molecule has 1 aliphatic carbocycles. The van der Waals surface area contributed by atoms with E-state index in [4.69, 9.17) is 16.0 Å². The van der Waals surface area contributed by atoms with E-state index in [9.17, 15) is 0 Å². The van der Waals surface area contributed by atoms with Gasteiger partial charge in [-0.1, -0.05) is 45.7 Å². The van der Waals surface area contributed by atoms with Gasteiger partial charge in [0.05, 0.1) is 9.85 Å². The Hall–Kier alpha value is -0.730. The van der Waals surface area contributed by atoms with Crippen molar-refractivity contribution in [2.24, 2.45) is 0 Å². The molecule has 0 spiro atoms. The van der Waals surface area contributed by atoms with E-state index in [0.29, 0.717) is 0 Å². The lowest BCUT2D eigenvalue weighted by Crippen LogP contribution is -1.92. The summed E-state index contributed by atoms with van der Waals surface area (Å²) in [6.07, 6.45) is 5.19. The minimum absolute atomic E-state index is 0.265. The third-order valence-corrected chi connectivity index (χ3v) is 3.75. The summed E-state index contributed by atoms with van der Waals surface area (Å²) in [4.78, 5) is 0.265. The summed E-state index contributed by atoms with van der Waals surface area (Å²) in [6, 6.07) is 5.75. The molecule has 1 heterocycles. The zero-order chi connectivity index (χ0) is 10.4. The maximum absolute atomic E-state index is 6.17. The SMILES string of the molecule is Clc1cccc2oc3c(c12)C=CCC3Br. The Morgan fingerprint density at radius 2 is 2.27 bits per heavy atom. The molecule has 0 N–H and O–H groups in total. The molecule has 1 aromatic heterocycles. The van der Waals surface area contributed by atoms with Gasteiger partial charge in [0.15, 0.2) is 0 Å². The summed E-state index contributed by atoms with van der Waals surface area (Å²) < 4.78 is 5.80. The quantitative estimate of drug-likeness (QED) is 0.624. The van der Waals surface area contributed by atoms with Gasteiger partial charge < -0.3 is 4.42 Å². The number of halogens is 2. The number of allylic oxidation sites excluding steroid dienone is 1. The van der Waals surface area contributed by atoms with Crippen molar-refractivity contribution in [1.82, 2.24) is 0 Å². The highest BCUT2D eigenvalue weighted by atomic mass is 79.9. The number of alkyl halides is 1. The first-order chi connectivity index (χ1) is 7.27. The van der Waals surface area contributed by atoms with Gasteiger partial charge >= 0.3 is 0 Å². The molecule has 0 bridgehead atoms. The van der Waals surface area contributed by atoms with Gasteiger partial charge in [-0.15, -0.1) is 0 Å². The Morgan fingerprint density at radius 3 is 3.13 bits per heavy atom. The van der Waals surface area contributed by atoms with Crippen molar-refractivity contribution < 1.29 is 4.42 Å². The van der Waals surface area contributed by atoms with Crippen molar-refractivity contribution in [3.05, 3.63) is 40.6 Å². The van der Waals surface area contributed by atoms with Crippen LogP contribution in [0.2, 0.25) is 5.02 Å². The Bertz CT molecular complexity index is 556. The van der Waals surface area contributed by atoms with Crippen LogP contribution >= 0.6 is 27.5 Å². The molecule has 1 aromatic carbocycles. The lowest BCUT2D eigenvalue weighted by molar-refractivity contribution is 0.544. The van der Waals surface area contributed by atoms with Crippen LogP contribution in [0.5, 0.6) is 0 Å². The smallest absolute Gasteiger partial charge is 0.136 e. The molecule has 15 heavy (non-hydrogen) atoms. The molecule has 0 amide bonds. The van der Waals surface area contributed by atoms with Crippen LogP contribution in [0.1, 0.15) is 22.6 Å². The van der Waals surface area contributed by atoms with Crippen LogP contribution in [-0.4, -0.2) is 0 Å². The van der Waals surface area contributed by atoms with Gasteiger partial charge in [-0.2, -0.15) is 0 Å². The zero-order valence-corrected chi connectivity index (χ0v) is 10.2. The maximum Gasteiger partial charge on any atom is 0.136 e. The number of fused-ring (bicyclic) bond motifs is 3. The lowest BCUT2D eigenvalue weighted by atomic mass is 10.0. The first kappa shape index (κ1) is 9.49. The minimum Gasteiger partial charge on any atom is -0.459 e. The molecule has 1 unspecified atom stereocenters. The number of hydrogen-bond acceptors (Lipinski definition) is 1. The fourth-order valence-electron chi connectivity index (χ4n) is 1.96. The molecule has 0 saturated carbocycles. The summed E-state index contributed by atoms with van der Waals surface area (Å²) in [5.74, 6) is 0.987. The van der Waals surface area contributed by atoms with E-state index in [0.717, 1.165) is 33.7 Å². The van der Waals surface area contributed by atoms with Crippen molar-refractivity contribution in [1.29, 1.82) is 0 Å². The van der Waals surface area contributed by atoms with Crippen LogP contribution in [0, 0.1) is 0 Å². The average Bonchev–Trinajstić information content (AvgIpc) is 2.59. The van der Waals surface area contributed by atoms with Gasteiger partial charge in [0.25, 0.3) is 0 Å². The second-order valence-corrected chi connectivity index (χ2v) is 5.11. The molecule has 0 radical (unpaired) electrons. The standard InChI is InChI=1S/C12H8BrClO/c13-8-4-1-3-7-11-9(14)5-2-6-10(11)15-12(7)8/h1-3,5-6,8H,4H2. The van der Waals surface area contributed by atoms with Crippen molar-refractivity contribution in [3.63, 3.8) is 0 Å². The van der Waals surface area contributed by atoms with Crippen LogP contribution in [0.15, 0.2) is 28.7 Å². The van der Waals surface area contributed by atoms with E-state index in [-0.39, 0.29) is 4.83 Å². The lowest BCUT2D eigenvalue weighted by Gasteiger charge is -2.09. The van der Waals surface area contributed by atoms with E-state index >= 15 is 0 Å². The molecule has 3 heteroatoms. The van der Waals surface area contributed by atoms with Crippen LogP contribution in [0.4, 0.5) is 0 Å². The molecule has 0 fully saturated rings. The highest BCUT2D eigenvalue weighted by molar-refractivity contribution is 9.09. The molecule has 1 nitrogen and oxygen atoms in total. The average molecular weight is 284 g/mol. The number of benzene rings is 1. The summed E-state index contributed by atoms with van der Waals surface area (Å²) in [5, 5.41) is 1.78. The second kappa shape index (κ2) is 3.39. The predicted molar refractivity (Wildman–Crippen MR) is 66.5 cm³/mol. The molecule has 76 valence electrons. The first-order valence-corrected chi connectivity index (χ1v) is 6.08. The Kier molecular flexibility index (Phi) is 2.15. The fraction of sp³-hybridized carbons (Fsp3) is 0.167. The molecule has 2 aromatic rings. The van der Waals surface area contributed by atoms with Gasteiger partial charge in [0, 0.05) is 10.9 Å². The first-order valence-electron chi connectivity index (χ1n) is 4.79. The van der Waals surface area contributed by atoms with Crippen LogP contribution in [0.3, 0.4) is 0 Å². The Morgan fingerprint density at radius 1 is 1.40 bits per heavy atom. The van der Waals surface area contributed by atoms with Crippen LogP contribution in [-0.2, 0) is 0 Å². The molecule has 1 aliphatic rings. The van der Waals surface area contributed by atoms with E-state index in [1.165, 1.54) is 0 Å².